The van der Waals surface area contributed by atoms with E-state index in [9.17, 15) is 4.79 Å². The van der Waals surface area contributed by atoms with Crippen molar-refractivity contribution in [2.45, 2.75) is 0 Å². The highest BCUT2D eigenvalue weighted by atomic mass is 16.5. The first-order valence-electron chi connectivity index (χ1n) is 12.0. The van der Waals surface area contributed by atoms with E-state index < -0.39 is 0 Å². The molecule has 1 aliphatic heterocycles. The molecule has 186 valence electrons. The normalized spacial score (nSPS) is 13.8. The van der Waals surface area contributed by atoms with Crippen LogP contribution in [-0.4, -0.2) is 75.7 Å². The zero-order chi connectivity index (χ0) is 25.2. The van der Waals surface area contributed by atoms with E-state index in [0.29, 0.717) is 48.9 Å². The van der Waals surface area contributed by atoms with E-state index in [-0.39, 0.29) is 12.5 Å². The summed E-state index contributed by atoms with van der Waals surface area (Å²) in [6.45, 7) is 2.40. The van der Waals surface area contributed by atoms with E-state index >= 15 is 0 Å². The standard InChI is InChI=1S/C27H25N7O3/c1-36-22-10-7-21(8-11-22)34-27-25(30-31-34)26(28-18-29-27)33-14-12-32(13-15-33)24(35)17-37-23-9-6-19-4-2-3-5-20(19)16-23/h2-11,16,18H,12-15,17H2,1H3. The number of carbonyl (C=O) groups is 1. The average molecular weight is 496 g/mol. The number of benzene rings is 3. The monoisotopic (exact) mass is 495 g/mol. The predicted molar refractivity (Wildman–Crippen MR) is 139 cm³/mol. The van der Waals surface area contributed by atoms with E-state index in [1.54, 1.807) is 11.8 Å². The third-order valence-corrected chi connectivity index (χ3v) is 6.55. The lowest BCUT2D eigenvalue weighted by Gasteiger charge is -2.35. The molecule has 5 aromatic rings. The number of methoxy groups -OCH3 is 1. The summed E-state index contributed by atoms with van der Waals surface area (Å²) in [6.07, 6.45) is 1.52. The molecule has 37 heavy (non-hydrogen) atoms. The first-order chi connectivity index (χ1) is 18.2. The van der Waals surface area contributed by atoms with Gasteiger partial charge in [0.15, 0.2) is 23.6 Å². The first-order valence-corrected chi connectivity index (χ1v) is 12.0. The molecule has 0 unspecified atom stereocenters. The van der Waals surface area contributed by atoms with Crippen LogP contribution >= 0.6 is 0 Å². The Morgan fingerprint density at radius 1 is 0.892 bits per heavy atom. The van der Waals surface area contributed by atoms with Crippen LogP contribution < -0.4 is 14.4 Å². The Morgan fingerprint density at radius 3 is 2.43 bits per heavy atom. The molecular weight excluding hydrogens is 470 g/mol. The Morgan fingerprint density at radius 2 is 1.65 bits per heavy atom. The van der Waals surface area contributed by atoms with Gasteiger partial charge in [-0.25, -0.2) is 9.97 Å². The fourth-order valence-electron chi connectivity index (χ4n) is 4.53. The second-order valence-corrected chi connectivity index (χ2v) is 8.73. The second-order valence-electron chi connectivity index (χ2n) is 8.73. The largest absolute Gasteiger partial charge is 0.497 e. The summed E-state index contributed by atoms with van der Waals surface area (Å²) in [7, 11) is 1.63. The van der Waals surface area contributed by atoms with Crippen molar-refractivity contribution >= 4 is 33.7 Å². The van der Waals surface area contributed by atoms with Crippen molar-refractivity contribution in [3.63, 3.8) is 0 Å². The minimum Gasteiger partial charge on any atom is -0.497 e. The smallest absolute Gasteiger partial charge is 0.260 e. The van der Waals surface area contributed by atoms with Gasteiger partial charge in [0.05, 0.1) is 12.8 Å². The Hall–Kier alpha value is -4.73. The summed E-state index contributed by atoms with van der Waals surface area (Å²) in [5, 5.41) is 10.9. The summed E-state index contributed by atoms with van der Waals surface area (Å²) < 4.78 is 12.7. The molecule has 1 amide bonds. The lowest BCUT2D eigenvalue weighted by atomic mass is 10.1. The SMILES string of the molecule is COc1ccc(-n2nnc3c(N4CCN(C(=O)COc5ccc6ccccc6c5)CC4)ncnc32)cc1. The zero-order valence-corrected chi connectivity index (χ0v) is 20.3. The molecule has 10 heteroatoms. The van der Waals surface area contributed by atoms with Gasteiger partial charge < -0.3 is 19.3 Å². The average Bonchev–Trinajstić information content (AvgIpc) is 3.40. The number of rotatable bonds is 6. The summed E-state index contributed by atoms with van der Waals surface area (Å²) in [4.78, 5) is 25.7. The van der Waals surface area contributed by atoms with Gasteiger partial charge in [-0.1, -0.05) is 35.5 Å². The maximum Gasteiger partial charge on any atom is 0.260 e. The minimum atomic E-state index is -0.0360. The van der Waals surface area contributed by atoms with Gasteiger partial charge >= 0.3 is 0 Å². The van der Waals surface area contributed by atoms with Crippen molar-refractivity contribution in [3.8, 4) is 17.2 Å². The molecule has 0 aliphatic carbocycles. The second kappa shape index (κ2) is 9.73. The van der Waals surface area contributed by atoms with Crippen molar-refractivity contribution in [2.24, 2.45) is 0 Å². The number of anilines is 1. The number of hydrogen-bond donors (Lipinski definition) is 0. The number of fused-ring (bicyclic) bond motifs is 2. The molecule has 1 saturated heterocycles. The predicted octanol–water partition coefficient (Wildman–Crippen LogP) is 3.10. The van der Waals surface area contributed by atoms with Gasteiger partial charge in [-0.15, -0.1) is 5.10 Å². The van der Waals surface area contributed by atoms with Crippen LogP contribution in [0.5, 0.6) is 11.5 Å². The molecule has 0 N–H and O–H groups in total. The van der Waals surface area contributed by atoms with Crippen LogP contribution in [0, 0.1) is 0 Å². The quantitative estimate of drug-likeness (QED) is 0.354. The summed E-state index contributed by atoms with van der Waals surface area (Å²) in [5.41, 5.74) is 2.07. The maximum absolute atomic E-state index is 12.8. The third-order valence-electron chi connectivity index (χ3n) is 6.55. The number of piperazine rings is 1. The number of aromatic nitrogens is 5. The van der Waals surface area contributed by atoms with E-state index in [2.05, 4.69) is 31.2 Å². The highest BCUT2D eigenvalue weighted by molar-refractivity contribution is 5.85. The molecular formula is C27H25N7O3. The number of hydrogen-bond acceptors (Lipinski definition) is 8. The lowest BCUT2D eigenvalue weighted by molar-refractivity contribution is -0.133. The number of carbonyl (C=O) groups excluding carboxylic acids is 1. The zero-order valence-electron chi connectivity index (χ0n) is 20.3. The Balaban J connectivity index is 1.11. The Bertz CT molecular complexity index is 1560. The van der Waals surface area contributed by atoms with Crippen LogP contribution in [0.1, 0.15) is 0 Å². The molecule has 2 aromatic heterocycles. The number of nitrogens with zero attached hydrogens (tertiary/aromatic N) is 7. The molecule has 0 spiro atoms. The van der Waals surface area contributed by atoms with Crippen LogP contribution in [0.2, 0.25) is 0 Å². The maximum atomic E-state index is 12.8. The molecule has 6 rings (SSSR count). The van der Waals surface area contributed by atoms with Crippen molar-refractivity contribution in [1.29, 1.82) is 0 Å². The molecule has 0 bridgehead atoms. The van der Waals surface area contributed by atoms with Crippen molar-refractivity contribution in [2.75, 3.05) is 44.8 Å². The van der Waals surface area contributed by atoms with Gasteiger partial charge in [0, 0.05) is 26.2 Å². The fraction of sp³-hybridized carbons (Fsp3) is 0.222. The van der Waals surface area contributed by atoms with Gasteiger partial charge in [-0.2, -0.15) is 4.68 Å². The fourth-order valence-corrected chi connectivity index (χ4v) is 4.53. The summed E-state index contributed by atoms with van der Waals surface area (Å²) in [5.74, 6) is 2.13. The van der Waals surface area contributed by atoms with Gasteiger partial charge in [-0.3, -0.25) is 4.79 Å². The van der Waals surface area contributed by atoms with E-state index in [1.807, 2.05) is 65.6 Å². The van der Waals surface area contributed by atoms with Crippen molar-refractivity contribution in [3.05, 3.63) is 73.1 Å². The molecule has 3 heterocycles. The first kappa shape index (κ1) is 22.7. The van der Waals surface area contributed by atoms with Crippen LogP contribution in [0.3, 0.4) is 0 Å². The molecule has 0 saturated carbocycles. The van der Waals surface area contributed by atoms with Crippen LogP contribution in [0.25, 0.3) is 27.6 Å². The highest BCUT2D eigenvalue weighted by Crippen LogP contribution is 2.25. The third kappa shape index (κ3) is 4.49. The van der Waals surface area contributed by atoms with Gasteiger partial charge in [0.1, 0.15) is 17.8 Å². The molecule has 0 atom stereocenters. The molecule has 3 aromatic carbocycles. The van der Waals surface area contributed by atoms with Crippen molar-refractivity contribution in [1.82, 2.24) is 29.9 Å². The summed E-state index contributed by atoms with van der Waals surface area (Å²) in [6, 6.07) is 21.5. The number of amides is 1. The van der Waals surface area contributed by atoms with Crippen LogP contribution in [0.4, 0.5) is 5.82 Å². The molecule has 10 nitrogen and oxygen atoms in total. The van der Waals surface area contributed by atoms with E-state index in [4.69, 9.17) is 9.47 Å². The lowest BCUT2D eigenvalue weighted by Crippen LogP contribution is -2.50. The molecule has 1 fully saturated rings. The van der Waals surface area contributed by atoms with E-state index in [1.165, 1.54) is 6.33 Å². The van der Waals surface area contributed by atoms with Crippen molar-refractivity contribution < 1.29 is 14.3 Å². The highest BCUT2D eigenvalue weighted by Gasteiger charge is 2.25. The molecule has 1 aliphatic rings. The van der Waals surface area contributed by atoms with E-state index in [0.717, 1.165) is 22.2 Å². The van der Waals surface area contributed by atoms with Gasteiger partial charge in [0.25, 0.3) is 5.91 Å². The van der Waals surface area contributed by atoms with Gasteiger partial charge in [0.2, 0.25) is 0 Å². The van der Waals surface area contributed by atoms with Gasteiger partial charge in [-0.05, 0) is 47.2 Å². The van der Waals surface area contributed by atoms with Crippen LogP contribution in [-0.2, 0) is 4.79 Å². The minimum absolute atomic E-state index is 0.00623. The topological polar surface area (TPSA) is 98.5 Å². The van der Waals surface area contributed by atoms with Crippen LogP contribution in [0.15, 0.2) is 73.1 Å². The summed E-state index contributed by atoms with van der Waals surface area (Å²) >= 11 is 0. The number of ether oxygens (including phenoxy) is 2. The Kier molecular flexibility index (Phi) is 5.97. The Labute approximate surface area is 213 Å². The molecule has 0 radical (unpaired) electrons.